The average molecular weight is 277 g/mol. The number of hydrogen-bond donors (Lipinski definition) is 2. The van der Waals surface area contributed by atoms with Crippen LogP contribution in [0.15, 0.2) is 18.3 Å². The highest BCUT2D eigenvalue weighted by molar-refractivity contribution is 5.77. The van der Waals surface area contributed by atoms with Gasteiger partial charge in [0.1, 0.15) is 0 Å². The first-order valence-electron chi connectivity index (χ1n) is 6.79. The normalized spacial score (nSPS) is 18.1. The van der Waals surface area contributed by atoms with Crippen LogP contribution in [-0.2, 0) is 17.8 Å². The lowest BCUT2D eigenvalue weighted by atomic mass is 10.1. The number of likely N-dealkylation sites (tertiary alicyclic amines) is 1. The van der Waals surface area contributed by atoms with Gasteiger partial charge in [0.25, 0.3) is 0 Å². The molecule has 2 rings (SSSR count). The first kappa shape index (κ1) is 14.3. The predicted octanol–water partition coefficient (Wildman–Crippen LogP) is 1.26. The van der Waals surface area contributed by atoms with Gasteiger partial charge in [-0.1, -0.05) is 6.92 Å². The zero-order valence-electron chi connectivity index (χ0n) is 11.5. The van der Waals surface area contributed by atoms with E-state index in [0.717, 1.165) is 12.1 Å². The summed E-state index contributed by atoms with van der Waals surface area (Å²) in [4.78, 5) is 28.5. The molecule has 1 unspecified atom stereocenters. The monoisotopic (exact) mass is 277 g/mol. The van der Waals surface area contributed by atoms with Crippen LogP contribution < -0.4 is 5.32 Å². The highest BCUT2D eigenvalue weighted by Gasteiger charge is 2.30. The van der Waals surface area contributed by atoms with Crippen molar-refractivity contribution in [2.75, 3.05) is 13.1 Å². The van der Waals surface area contributed by atoms with E-state index in [1.807, 2.05) is 12.1 Å². The first-order chi connectivity index (χ1) is 9.60. The lowest BCUT2D eigenvalue weighted by Crippen LogP contribution is -2.38. The largest absolute Gasteiger partial charge is 0.481 e. The Kier molecular flexibility index (Phi) is 4.55. The van der Waals surface area contributed by atoms with Crippen LogP contribution >= 0.6 is 0 Å². The van der Waals surface area contributed by atoms with Gasteiger partial charge in [0.05, 0.1) is 18.2 Å². The minimum atomic E-state index is -0.836. The smallest absolute Gasteiger partial charge is 0.317 e. The van der Waals surface area contributed by atoms with Crippen molar-refractivity contribution < 1.29 is 14.7 Å². The number of rotatable bonds is 4. The Morgan fingerprint density at radius 2 is 2.35 bits per heavy atom. The number of carbonyl (C=O) groups excluding carboxylic acids is 1. The summed E-state index contributed by atoms with van der Waals surface area (Å²) >= 11 is 0. The molecule has 2 heterocycles. The van der Waals surface area contributed by atoms with E-state index in [0.29, 0.717) is 19.5 Å². The number of nitrogens with zero attached hydrogens (tertiary/aromatic N) is 2. The third-order valence-electron chi connectivity index (χ3n) is 3.53. The van der Waals surface area contributed by atoms with E-state index in [2.05, 4.69) is 17.2 Å². The van der Waals surface area contributed by atoms with Crippen molar-refractivity contribution >= 4 is 12.0 Å². The van der Waals surface area contributed by atoms with Crippen LogP contribution in [0.3, 0.4) is 0 Å². The fourth-order valence-corrected chi connectivity index (χ4v) is 2.27. The second kappa shape index (κ2) is 6.36. The fourth-order valence-electron chi connectivity index (χ4n) is 2.27. The van der Waals surface area contributed by atoms with Crippen LogP contribution in [0, 0.1) is 5.92 Å². The maximum Gasteiger partial charge on any atom is 0.317 e. The zero-order valence-corrected chi connectivity index (χ0v) is 11.5. The molecule has 1 aromatic rings. The van der Waals surface area contributed by atoms with Gasteiger partial charge in [0.2, 0.25) is 0 Å². The Labute approximate surface area is 117 Å². The number of urea groups is 1. The summed E-state index contributed by atoms with van der Waals surface area (Å²) in [7, 11) is 0. The maximum absolute atomic E-state index is 11.9. The molecule has 0 aromatic carbocycles. The lowest BCUT2D eigenvalue weighted by Gasteiger charge is -2.16. The molecule has 6 heteroatoms. The number of nitrogens with one attached hydrogen (secondary N) is 1. The van der Waals surface area contributed by atoms with Crippen molar-refractivity contribution in [2.45, 2.75) is 26.3 Å². The van der Waals surface area contributed by atoms with Crippen LogP contribution in [0.2, 0.25) is 0 Å². The van der Waals surface area contributed by atoms with Gasteiger partial charge in [-0.25, -0.2) is 4.79 Å². The number of carboxylic acid groups (broad SMARTS) is 1. The quantitative estimate of drug-likeness (QED) is 0.868. The number of carbonyl (C=O) groups is 2. The third kappa shape index (κ3) is 3.46. The minimum Gasteiger partial charge on any atom is -0.481 e. The highest BCUT2D eigenvalue weighted by Crippen LogP contribution is 2.16. The fraction of sp³-hybridized carbons (Fsp3) is 0.500. The van der Waals surface area contributed by atoms with Crippen molar-refractivity contribution in [2.24, 2.45) is 5.92 Å². The molecule has 20 heavy (non-hydrogen) atoms. The van der Waals surface area contributed by atoms with Gasteiger partial charge >= 0.3 is 12.0 Å². The standard InChI is InChI=1S/C14H19N3O3/c1-2-10-3-5-15-12(7-10)8-16-14(20)17-6-4-11(9-17)13(18)19/h3,5,7,11H,2,4,6,8-9H2,1H3,(H,16,20)(H,18,19). The predicted molar refractivity (Wildman–Crippen MR) is 73.2 cm³/mol. The summed E-state index contributed by atoms with van der Waals surface area (Å²) in [6, 6.07) is 3.69. The first-order valence-corrected chi connectivity index (χ1v) is 6.79. The third-order valence-corrected chi connectivity index (χ3v) is 3.53. The Balaban J connectivity index is 1.85. The second-order valence-electron chi connectivity index (χ2n) is 4.94. The van der Waals surface area contributed by atoms with E-state index in [1.165, 1.54) is 5.56 Å². The van der Waals surface area contributed by atoms with Crippen molar-refractivity contribution in [3.63, 3.8) is 0 Å². The Morgan fingerprint density at radius 3 is 3.00 bits per heavy atom. The number of pyridine rings is 1. The number of aromatic nitrogens is 1. The molecule has 108 valence electrons. The molecule has 0 radical (unpaired) electrons. The van der Waals surface area contributed by atoms with Crippen LogP contribution in [0.1, 0.15) is 24.6 Å². The highest BCUT2D eigenvalue weighted by atomic mass is 16.4. The Morgan fingerprint density at radius 1 is 1.55 bits per heavy atom. The molecule has 2 N–H and O–H groups in total. The van der Waals surface area contributed by atoms with Gasteiger partial charge in [-0.05, 0) is 30.5 Å². The molecule has 0 saturated carbocycles. The van der Waals surface area contributed by atoms with Crippen molar-refractivity contribution in [3.05, 3.63) is 29.6 Å². The molecule has 1 aliphatic heterocycles. The summed E-state index contributed by atoms with van der Waals surface area (Å²) in [5.74, 6) is -1.28. The summed E-state index contributed by atoms with van der Waals surface area (Å²) in [5.41, 5.74) is 1.99. The maximum atomic E-state index is 11.9. The van der Waals surface area contributed by atoms with Gasteiger partial charge in [-0.3, -0.25) is 9.78 Å². The summed E-state index contributed by atoms with van der Waals surface area (Å²) in [5, 5.41) is 11.7. The van der Waals surface area contributed by atoms with E-state index in [-0.39, 0.29) is 12.6 Å². The molecular weight excluding hydrogens is 258 g/mol. The number of hydrogen-bond acceptors (Lipinski definition) is 3. The summed E-state index contributed by atoms with van der Waals surface area (Å²) in [6.07, 6.45) is 3.18. The van der Waals surface area contributed by atoms with Crippen molar-refractivity contribution in [1.82, 2.24) is 15.2 Å². The Bertz CT molecular complexity index is 504. The number of aryl methyl sites for hydroxylation is 1. The molecule has 1 aliphatic rings. The average Bonchev–Trinajstić information content (AvgIpc) is 2.95. The van der Waals surface area contributed by atoms with Crippen molar-refractivity contribution in [1.29, 1.82) is 0 Å². The van der Waals surface area contributed by atoms with E-state index >= 15 is 0 Å². The van der Waals surface area contributed by atoms with E-state index in [1.54, 1.807) is 11.1 Å². The number of amides is 2. The van der Waals surface area contributed by atoms with Crippen LogP contribution in [0.25, 0.3) is 0 Å². The molecule has 6 nitrogen and oxygen atoms in total. The zero-order chi connectivity index (χ0) is 14.5. The molecule has 1 saturated heterocycles. The van der Waals surface area contributed by atoms with E-state index in [4.69, 9.17) is 5.11 Å². The van der Waals surface area contributed by atoms with Gasteiger partial charge in [0.15, 0.2) is 0 Å². The summed E-state index contributed by atoms with van der Waals surface area (Å²) in [6.45, 7) is 3.20. The number of aliphatic carboxylic acids is 1. The molecular formula is C14H19N3O3. The molecule has 0 aliphatic carbocycles. The summed E-state index contributed by atoms with van der Waals surface area (Å²) < 4.78 is 0. The molecule has 0 bridgehead atoms. The van der Waals surface area contributed by atoms with E-state index < -0.39 is 11.9 Å². The Hall–Kier alpha value is -2.11. The molecule has 2 amide bonds. The van der Waals surface area contributed by atoms with Crippen molar-refractivity contribution in [3.8, 4) is 0 Å². The SMILES string of the molecule is CCc1ccnc(CNC(=O)N2CCC(C(=O)O)C2)c1. The van der Waals surface area contributed by atoms with Crippen LogP contribution in [0.4, 0.5) is 4.79 Å². The van der Waals surface area contributed by atoms with Crippen LogP contribution in [-0.4, -0.2) is 40.1 Å². The molecule has 1 fully saturated rings. The van der Waals surface area contributed by atoms with E-state index in [9.17, 15) is 9.59 Å². The van der Waals surface area contributed by atoms with Gasteiger partial charge in [0, 0.05) is 19.3 Å². The molecule has 1 atom stereocenters. The van der Waals surface area contributed by atoms with Gasteiger partial charge in [-0.2, -0.15) is 0 Å². The topological polar surface area (TPSA) is 82.5 Å². The number of carboxylic acids is 1. The molecule has 0 spiro atoms. The van der Waals surface area contributed by atoms with Crippen LogP contribution in [0.5, 0.6) is 0 Å². The van der Waals surface area contributed by atoms with Gasteiger partial charge < -0.3 is 15.3 Å². The molecule has 1 aromatic heterocycles. The second-order valence-corrected chi connectivity index (χ2v) is 4.94. The lowest BCUT2D eigenvalue weighted by molar-refractivity contribution is -0.141. The van der Waals surface area contributed by atoms with Gasteiger partial charge in [-0.15, -0.1) is 0 Å². The minimum absolute atomic E-state index is 0.225.